The standard InChI is InChI=1S/C10H9ClN2O3/c1-16-5-10(15)13-9-3-2-7(12-6-14)4-8(9)11/h2-4H,5H2,1H3,(H,13,15). The fourth-order valence-electron chi connectivity index (χ4n) is 1.05. The van der Waals surface area contributed by atoms with Crippen molar-refractivity contribution >= 4 is 35.0 Å². The summed E-state index contributed by atoms with van der Waals surface area (Å²) < 4.78 is 4.65. The molecule has 0 spiro atoms. The number of hydrogen-bond donors (Lipinski definition) is 1. The Balaban J connectivity index is 2.82. The number of isocyanates is 1. The number of nitrogens with zero attached hydrogens (tertiary/aromatic N) is 1. The molecule has 16 heavy (non-hydrogen) atoms. The van der Waals surface area contributed by atoms with Crippen molar-refractivity contribution in [1.29, 1.82) is 0 Å². The first-order valence-electron chi connectivity index (χ1n) is 4.33. The maximum atomic E-state index is 11.2. The van der Waals surface area contributed by atoms with Gasteiger partial charge in [-0.15, -0.1) is 0 Å². The maximum absolute atomic E-state index is 11.2. The molecule has 1 amide bonds. The second-order valence-electron chi connectivity index (χ2n) is 2.85. The molecule has 1 aromatic carbocycles. The van der Waals surface area contributed by atoms with Gasteiger partial charge in [0.2, 0.25) is 12.0 Å². The van der Waals surface area contributed by atoms with E-state index in [1.165, 1.54) is 19.3 Å². The first kappa shape index (κ1) is 12.4. The quantitative estimate of drug-likeness (QED) is 0.646. The zero-order chi connectivity index (χ0) is 12.0. The minimum absolute atomic E-state index is 0.0510. The highest BCUT2D eigenvalue weighted by Gasteiger charge is 2.05. The van der Waals surface area contributed by atoms with E-state index in [9.17, 15) is 9.59 Å². The molecular formula is C10H9ClN2O3. The van der Waals surface area contributed by atoms with E-state index in [0.29, 0.717) is 16.4 Å². The highest BCUT2D eigenvalue weighted by atomic mass is 35.5. The van der Waals surface area contributed by atoms with Crippen molar-refractivity contribution in [3.05, 3.63) is 23.2 Å². The lowest BCUT2D eigenvalue weighted by Crippen LogP contribution is -2.17. The second kappa shape index (κ2) is 6.02. The second-order valence-corrected chi connectivity index (χ2v) is 3.26. The monoisotopic (exact) mass is 240 g/mol. The van der Waals surface area contributed by atoms with Crippen molar-refractivity contribution in [3.63, 3.8) is 0 Å². The zero-order valence-electron chi connectivity index (χ0n) is 8.49. The third-order valence-electron chi connectivity index (χ3n) is 1.68. The highest BCUT2D eigenvalue weighted by molar-refractivity contribution is 6.34. The number of aliphatic imine (C=N–C) groups is 1. The van der Waals surface area contributed by atoms with E-state index in [-0.39, 0.29) is 12.5 Å². The number of benzene rings is 1. The summed E-state index contributed by atoms with van der Waals surface area (Å²) in [6, 6.07) is 4.54. The van der Waals surface area contributed by atoms with Crippen LogP contribution >= 0.6 is 11.6 Å². The van der Waals surface area contributed by atoms with Crippen LogP contribution in [-0.4, -0.2) is 25.7 Å². The number of methoxy groups -OCH3 is 1. The Morgan fingerprint density at radius 2 is 2.38 bits per heavy atom. The molecule has 1 aromatic rings. The number of nitrogens with one attached hydrogen (secondary N) is 1. The lowest BCUT2D eigenvalue weighted by molar-refractivity contribution is -0.119. The van der Waals surface area contributed by atoms with Gasteiger partial charge in [-0.1, -0.05) is 11.6 Å². The van der Waals surface area contributed by atoms with Gasteiger partial charge in [-0.05, 0) is 18.2 Å². The van der Waals surface area contributed by atoms with Gasteiger partial charge in [-0.3, -0.25) is 4.79 Å². The van der Waals surface area contributed by atoms with Gasteiger partial charge in [0.1, 0.15) is 6.61 Å². The van der Waals surface area contributed by atoms with Crippen LogP contribution in [0.15, 0.2) is 23.2 Å². The van der Waals surface area contributed by atoms with Gasteiger partial charge in [0, 0.05) is 7.11 Å². The van der Waals surface area contributed by atoms with Crippen molar-refractivity contribution in [2.24, 2.45) is 4.99 Å². The van der Waals surface area contributed by atoms with Crippen LogP contribution in [0.5, 0.6) is 0 Å². The molecule has 0 aliphatic heterocycles. The molecule has 0 fully saturated rings. The SMILES string of the molecule is COCC(=O)Nc1ccc(N=C=O)cc1Cl. The average Bonchev–Trinajstić information content (AvgIpc) is 2.23. The Kier molecular flexibility index (Phi) is 4.66. The molecule has 0 atom stereocenters. The predicted octanol–water partition coefficient (Wildman–Crippen LogP) is 1.89. The molecule has 0 saturated heterocycles. The van der Waals surface area contributed by atoms with Crippen LogP contribution in [0.25, 0.3) is 0 Å². The van der Waals surface area contributed by atoms with E-state index in [0.717, 1.165) is 0 Å². The fourth-order valence-corrected chi connectivity index (χ4v) is 1.27. The third kappa shape index (κ3) is 3.47. The number of amides is 1. The molecule has 6 heteroatoms. The number of carbonyl (C=O) groups excluding carboxylic acids is 2. The predicted molar refractivity (Wildman–Crippen MR) is 59.7 cm³/mol. The molecule has 0 aromatic heterocycles. The molecule has 0 unspecified atom stereocenters. The minimum atomic E-state index is -0.309. The van der Waals surface area contributed by atoms with Gasteiger partial charge in [0.25, 0.3) is 0 Å². The van der Waals surface area contributed by atoms with Gasteiger partial charge in [-0.25, -0.2) is 4.79 Å². The summed E-state index contributed by atoms with van der Waals surface area (Å²) in [6.07, 6.45) is 1.40. The van der Waals surface area contributed by atoms with Gasteiger partial charge in [0.15, 0.2) is 0 Å². The topological polar surface area (TPSA) is 67.8 Å². The molecule has 0 bridgehead atoms. The first-order chi connectivity index (χ1) is 7.67. The molecule has 0 heterocycles. The normalized spacial score (nSPS) is 9.38. The van der Waals surface area contributed by atoms with Gasteiger partial charge in [-0.2, -0.15) is 4.99 Å². The number of rotatable bonds is 4. The van der Waals surface area contributed by atoms with Crippen LogP contribution in [0.4, 0.5) is 11.4 Å². The van der Waals surface area contributed by atoms with E-state index in [1.807, 2.05) is 0 Å². The van der Waals surface area contributed by atoms with E-state index >= 15 is 0 Å². The van der Waals surface area contributed by atoms with Crippen molar-refractivity contribution in [2.75, 3.05) is 19.0 Å². The number of anilines is 1. The highest BCUT2D eigenvalue weighted by Crippen LogP contribution is 2.26. The number of hydrogen-bond acceptors (Lipinski definition) is 4. The lowest BCUT2D eigenvalue weighted by Gasteiger charge is -2.06. The molecule has 0 aliphatic carbocycles. The van der Waals surface area contributed by atoms with Gasteiger partial charge < -0.3 is 10.1 Å². The number of halogens is 1. The Bertz CT molecular complexity index is 442. The van der Waals surface area contributed by atoms with Crippen LogP contribution in [0, 0.1) is 0 Å². The van der Waals surface area contributed by atoms with Gasteiger partial charge >= 0.3 is 0 Å². The third-order valence-corrected chi connectivity index (χ3v) is 1.99. The molecule has 84 valence electrons. The molecule has 1 N–H and O–H groups in total. The maximum Gasteiger partial charge on any atom is 0.250 e. The first-order valence-corrected chi connectivity index (χ1v) is 4.71. The lowest BCUT2D eigenvalue weighted by atomic mass is 10.3. The van der Waals surface area contributed by atoms with Crippen molar-refractivity contribution < 1.29 is 14.3 Å². The van der Waals surface area contributed by atoms with Crippen molar-refractivity contribution in [1.82, 2.24) is 0 Å². The molecule has 0 aliphatic rings. The Morgan fingerprint density at radius 1 is 1.62 bits per heavy atom. The average molecular weight is 241 g/mol. The molecule has 0 saturated carbocycles. The van der Waals surface area contributed by atoms with Gasteiger partial charge in [0.05, 0.1) is 16.4 Å². The van der Waals surface area contributed by atoms with E-state index in [1.54, 1.807) is 12.1 Å². The summed E-state index contributed by atoms with van der Waals surface area (Å²) in [4.78, 5) is 24.6. The molecule has 0 radical (unpaired) electrons. The largest absolute Gasteiger partial charge is 0.375 e. The summed E-state index contributed by atoms with van der Waals surface area (Å²) in [5.41, 5.74) is 0.818. The summed E-state index contributed by atoms with van der Waals surface area (Å²) in [5.74, 6) is -0.309. The fraction of sp³-hybridized carbons (Fsp3) is 0.200. The number of carbonyl (C=O) groups is 1. The van der Waals surface area contributed by atoms with E-state index in [4.69, 9.17) is 11.6 Å². The Hall–Kier alpha value is -1.68. The molecular weight excluding hydrogens is 232 g/mol. The molecule has 1 rings (SSSR count). The minimum Gasteiger partial charge on any atom is -0.375 e. The Morgan fingerprint density at radius 3 is 2.94 bits per heavy atom. The van der Waals surface area contributed by atoms with E-state index in [2.05, 4.69) is 15.0 Å². The number of ether oxygens (including phenoxy) is 1. The zero-order valence-corrected chi connectivity index (χ0v) is 9.25. The van der Waals surface area contributed by atoms with E-state index < -0.39 is 0 Å². The Labute approximate surface area is 97.1 Å². The summed E-state index contributed by atoms with van der Waals surface area (Å²) in [5, 5.41) is 2.84. The van der Waals surface area contributed by atoms with Crippen LogP contribution in [0.3, 0.4) is 0 Å². The summed E-state index contributed by atoms with van der Waals surface area (Å²) >= 11 is 5.86. The van der Waals surface area contributed by atoms with Crippen molar-refractivity contribution in [2.45, 2.75) is 0 Å². The van der Waals surface area contributed by atoms with Crippen LogP contribution in [0.2, 0.25) is 5.02 Å². The van der Waals surface area contributed by atoms with Crippen LogP contribution in [0.1, 0.15) is 0 Å². The summed E-state index contributed by atoms with van der Waals surface area (Å²) in [6.45, 7) is -0.0510. The summed E-state index contributed by atoms with van der Waals surface area (Å²) in [7, 11) is 1.42. The van der Waals surface area contributed by atoms with Crippen LogP contribution in [-0.2, 0) is 14.3 Å². The molecule has 5 nitrogen and oxygen atoms in total. The van der Waals surface area contributed by atoms with Crippen LogP contribution < -0.4 is 5.32 Å². The smallest absolute Gasteiger partial charge is 0.250 e. The van der Waals surface area contributed by atoms with Crippen molar-refractivity contribution in [3.8, 4) is 0 Å².